The molecule has 2 aromatic carbocycles. The number of amides is 2. The van der Waals surface area contributed by atoms with Crippen LogP contribution in [0, 0.1) is 13.8 Å². The average Bonchev–Trinajstić information content (AvgIpc) is 2.76. The minimum Gasteiger partial charge on any atom is -0.354 e. The first-order valence-corrected chi connectivity index (χ1v) is 13.6. The van der Waals surface area contributed by atoms with E-state index in [0.717, 1.165) is 33.7 Å². The fourth-order valence-electron chi connectivity index (χ4n) is 3.75. The Kier molecular flexibility index (Phi) is 9.94. The molecule has 34 heavy (non-hydrogen) atoms. The normalized spacial score (nSPS) is 12.2. The number of carbonyl (C=O) groups is 2. The molecule has 1 atom stereocenters. The maximum atomic E-state index is 13.6. The minimum atomic E-state index is -3.76. The Labute approximate surface area is 208 Å². The Balaban J connectivity index is 2.44. The fourth-order valence-corrected chi connectivity index (χ4v) is 4.79. The van der Waals surface area contributed by atoms with Crippen LogP contribution in [0.3, 0.4) is 0 Å². The lowest BCUT2D eigenvalue weighted by Gasteiger charge is -2.33. The molecule has 1 N–H and O–H groups in total. The summed E-state index contributed by atoms with van der Waals surface area (Å²) >= 11 is 6.00. The van der Waals surface area contributed by atoms with Gasteiger partial charge < -0.3 is 10.2 Å². The molecule has 0 saturated heterocycles. The summed E-state index contributed by atoms with van der Waals surface area (Å²) in [4.78, 5) is 28.0. The van der Waals surface area contributed by atoms with E-state index in [1.165, 1.54) is 4.90 Å². The topological polar surface area (TPSA) is 86.8 Å². The number of aryl methyl sites for hydroxylation is 2. The van der Waals surface area contributed by atoms with Crippen LogP contribution < -0.4 is 9.62 Å². The third-order valence-corrected chi connectivity index (χ3v) is 6.88. The maximum absolute atomic E-state index is 13.6. The first-order valence-electron chi connectivity index (χ1n) is 11.3. The van der Waals surface area contributed by atoms with Gasteiger partial charge in [-0.1, -0.05) is 55.3 Å². The number of rotatable bonds is 11. The monoisotopic (exact) mass is 507 g/mol. The van der Waals surface area contributed by atoms with Crippen LogP contribution in [0.1, 0.15) is 43.4 Å². The number of halogens is 1. The first-order chi connectivity index (χ1) is 16.0. The molecule has 2 rings (SSSR count). The van der Waals surface area contributed by atoms with E-state index >= 15 is 0 Å². The number of anilines is 1. The Morgan fingerprint density at radius 1 is 1.06 bits per heavy atom. The van der Waals surface area contributed by atoms with Gasteiger partial charge in [0, 0.05) is 18.1 Å². The molecule has 0 aromatic heterocycles. The molecule has 0 fully saturated rings. The van der Waals surface area contributed by atoms with Crippen LogP contribution in [0.4, 0.5) is 5.69 Å². The average molecular weight is 508 g/mol. The van der Waals surface area contributed by atoms with Gasteiger partial charge in [-0.3, -0.25) is 13.9 Å². The molecule has 2 aromatic rings. The van der Waals surface area contributed by atoms with Crippen LogP contribution in [0.2, 0.25) is 5.02 Å². The van der Waals surface area contributed by atoms with Crippen molar-refractivity contribution in [2.24, 2.45) is 0 Å². The zero-order chi connectivity index (χ0) is 25.5. The summed E-state index contributed by atoms with van der Waals surface area (Å²) in [5.74, 6) is -0.720. The molecule has 0 radical (unpaired) electrons. The van der Waals surface area contributed by atoms with Gasteiger partial charge in [-0.05, 0) is 56.0 Å². The van der Waals surface area contributed by atoms with Crippen LogP contribution in [-0.2, 0) is 26.2 Å². The van der Waals surface area contributed by atoms with Gasteiger partial charge in [-0.15, -0.1) is 0 Å². The minimum absolute atomic E-state index is 0.151. The van der Waals surface area contributed by atoms with Gasteiger partial charge in [0.05, 0.1) is 11.9 Å². The molecule has 0 bridgehead atoms. The quantitative estimate of drug-likeness (QED) is 0.497. The van der Waals surface area contributed by atoms with E-state index in [0.29, 0.717) is 23.7 Å². The number of nitrogens with zero attached hydrogens (tertiary/aromatic N) is 2. The SMILES string of the molecule is CCCNC(=O)[C@@H](CC)N(Cc1ccc(Cl)cc1)C(=O)CN(c1ccc(C)cc1C)S(C)(=O)=O. The highest BCUT2D eigenvalue weighted by molar-refractivity contribution is 7.92. The number of sulfonamides is 1. The van der Waals surface area contributed by atoms with E-state index in [1.54, 1.807) is 30.3 Å². The van der Waals surface area contributed by atoms with E-state index in [2.05, 4.69) is 5.32 Å². The van der Waals surface area contributed by atoms with Gasteiger partial charge in [-0.2, -0.15) is 0 Å². The number of carbonyl (C=O) groups excluding carboxylic acids is 2. The largest absolute Gasteiger partial charge is 0.354 e. The summed E-state index contributed by atoms with van der Waals surface area (Å²) < 4.78 is 26.5. The van der Waals surface area contributed by atoms with Crippen molar-refractivity contribution in [2.45, 2.75) is 53.1 Å². The van der Waals surface area contributed by atoms with Crippen molar-refractivity contribution in [3.05, 3.63) is 64.2 Å². The molecule has 0 saturated carbocycles. The summed E-state index contributed by atoms with van der Waals surface area (Å²) in [6.07, 6.45) is 2.23. The second-order valence-electron chi connectivity index (χ2n) is 8.42. The van der Waals surface area contributed by atoms with Crippen molar-refractivity contribution in [3.63, 3.8) is 0 Å². The highest BCUT2D eigenvalue weighted by Gasteiger charge is 2.32. The van der Waals surface area contributed by atoms with E-state index in [4.69, 9.17) is 11.6 Å². The van der Waals surface area contributed by atoms with Gasteiger partial charge in [0.2, 0.25) is 21.8 Å². The summed E-state index contributed by atoms with van der Waals surface area (Å²) in [5, 5.41) is 3.42. The lowest BCUT2D eigenvalue weighted by Crippen LogP contribution is -2.52. The standard InChI is InChI=1S/C25H34ClN3O4S/c1-6-14-27-25(31)22(7-2)28(16-20-9-11-21(26)12-10-20)24(30)17-29(34(5,32)33)23-13-8-18(3)15-19(23)4/h8-13,15,22H,6-7,14,16-17H2,1-5H3,(H,27,31)/t22-/m1/s1. The predicted molar refractivity (Wildman–Crippen MR) is 137 cm³/mol. The summed E-state index contributed by atoms with van der Waals surface area (Å²) in [6, 6.07) is 11.7. The molecule has 2 amide bonds. The molecule has 0 aliphatic heterocycles. The van der Waals surface area contributed by atoms with Crippen LogP contribution in [0.15, 0.2) is 42.5 Å². The molecular weight excluding hydrogens is 474 g/mol. The van der Waals surface area contributed by atoms with E-state index in [-0.39, 0.29) is 12.5 Å². The van der Waals surface area contributed by atoms with E-state index in [9.17, 15) is 18.0 Å². The Morgan fingerprint density at radius 2 is 1.71 bits per heavy atom. The molecule has 0 aliphatic carbocycles. The molecule has 7 nitrogen and oxygen atoms in total. The van der Waals surface area contributed by atoms with Gasteiger partial charge >= 0.3 is 0 Å². The Bertz CT molecular complexity index is 1100. The first kappa shape index (κ1) is 27.7. The summed E-state index contributed by atoms with van der Waals surface area (Å²) in [7, 11) is -3.76. The zero-order valence-electron chi connectivity index (χ0n) is 20.5. The van der Waals surface area contributed by atoms with Crippen molar-refractivity contribution in [1.29, 1.82) is 0 Å². The van der Waals surface area contributed by atoms with Crippen molar-refractivity contribution < 1.29 is 18.0 Å². The van der Waals surface area contributed by atoms with Crippen molar-refractivity contribution >= 4 is 39.1 Å². The summed E-state index contributed by atoms with van der Waals surface area (Å²) in [6.45, 7) is 7.75. The van der Waals surface area contributed by atoms with Crippen LogP contribution in [0.5, 0.6) is 0 Å². The van der Waals surface area contributed by atoms with Crippen molar-refractivity contribution in [3.8, 4) is 0 Å². The molecule has 0 spiro atoms. The van der Waals surface area contributed by atoms with Crippen molar-refractivity contribution in [2.75, 3.05) is 23.7 Å². The smallest absolute Gasteiger partial charge is 0.244 e. The molecule has 9 heteroatoms. The van der Waals surface area contributed by atoms with Gasteiger partial charge in [0.1, 0.15) is 12.6 Å². The number of benzene rings is 2. The van der Waals surface area contributed by atoms with Gasteiger partial charge in [0.15, 0.2) is 0 Å². The van der Waals surface area contributed by atoms with Crippen LogP contribution in [0.25, 0.3) is 0 Å². The number of hydrogen-bond acceptors (Lipinski definition) is 4. The van der Waals surface area contributed by atoms with Crippen molar-refractivity contribution in [1.82, 2.24) is 10.2 Å². The Hall–Kier alpha value is -2.58. The number of hydrogen-bond donors (Lipinski definition) is 1. The number of nitrogens with one attached hydrogen (secondary N) is 1. The second-order valence-corrected chi connectivity index (χ2v) is 10.8. The molecule has 186 valence electrons. The molecule has 0 unspecified atom stereocenters. The lowest BCUT2D eigenvalue weighted by molar-refractivity contribution is -0.140. The van der Waals surface area contributed by atoms with Crippen LogP contribution in [-0.4, -0.2) is 50.5 Å². The molecule has 0 heterocycles. The lowest BCUT2D eigenvalue weighted by atomic mass is 10.1. The van der Waals surface area contributed by atoms with Gasteiger partial charge in [-0.25, -0.2) is 8.42 Å². The maximum Gasteiger partial charge on any atom is 0.244 e. The predicted octanol–water partition coefficient (Wildman–Crippen LogP) is 4.06. The van der Waals surface area contributed by atoms with Crippen LogP contribution >= 0.6 is 11.6 Å². The highest BCUT2D eigenvalue weighted by atomic mass is 35.5. The van der Waals surface area contributed by atoms with Gasteiger partial charge in [0.25, 0.3) is 0 Å². The molecule has 0 aliphatic rings. The Morgan fingerprint density at radius 3 is 2.24 bits per heavy atom. The zero-order valence-corrected chi connectivity index (χ0v) is 22.0. The fraction of sp³-hybridized carbons (Fsp3) is 0.440. The molecular formula is C25H34ClN3O4S. The third-order valence-electron chi connectivity index (χ3n) is 5.50. The second kappa shape index (κ2) is 12.2. The highest BCUT2D eigenvalue weighted by Crippen LogP contribution is 2.24. The third kappa shape index (κ3) is 7.46. The van der Waals surface area contributed by atoms with E-state index in [1.807, 2.05) is 39.8 Å². The summed E-state index contributed by atoms with van der Waals surface area (Å²) in [5.41, 5.74) is 2.97. The van der Waals surface area contributed by atoms with E-state index < -0.39 is 28.5 Å².